The second-order valence-electron chi connectivity index (χ2n) is 7.51. The van der Waals surface area contributed by atoms with Gasteiger partial charge in [0.15, 0.2) is 0 Å². The summed E-state index contributed by atoms with van der Waals surface area (Å²) in [4.78, 5) is 33.3. The maximum atomic E-state index is 12.8. The highest BCUT2D eigenvalue weighted by Crippen LogP contribution is 2.26. The fourth-order valence-electron chi connectivity index (χ4n) is 3.63. The highest BCUT2D eigenvalue weighted by molar-refractivity contribution is 7.13. The Morgan fingerprint density at radius 1 is 0.938 bits per heavy atom. The molecule has 1 aliphatic rings. The van der Waals surface area contributed by atoms with E-state index in [9.17, 15) is 9.59 Å². The van der Waals surface area contributed by atoms with Crippen LogP contribution in [0.1, 0.15) is 26.4 Å². The Hall–Kier alpha value is -3.23. The third-order valence-electron chi connectivity index (χ3n) is 5.49. The summed E-state index contributed by atoms with van der Waals surface area (Å²) in [5.74, 6) is 0.406. The standard InChI is InChI=1S/C24H25N3O4S/c1-30-21-9-7-17(8-10-21)22-25-20(16-32-22)15-26-11-13-27(14-12-26)23(28)18-3-5-19(6-4-18)24(29)31-2/h3-10,16H,11-15H2,1-2H3. The van der Waals surface area contributed by atoms with Crippen molar-refractivity contribution in [2.75, 3.05) is 40.4 Å². The first-order valence-corrected chi connectivity index (χ1v) is 11.2. The Morgan fingerprint density at radius 3 is 2.22 bits per heavy atom. The number of aromatic nitrogens is 1. The molecule has 1 saturated heterocycles. The van der Waals surface area contributed by atoms with Gasteiger partial charge in [-0.15, -0.1) is 11.3 Å². The van der Waals surface area contributed by atoms with Crippen LogP contribution in [0.5, 0.6) is 5.75 Å². The van der Waals surface area contributed by atoms with E-state index in [0.29, 0.717) is 24.2 Å². The second kappa shape index (κ2) is 9.93. The average molecular weight is 452 g/mol. The zero-order valence-electron chi connectivity index (χ0n) is 18.1. The van der Waals surface area contributed by atoms with Crippen molar-refractivity contribution in [2.24, 2.45) is 0 Å². The molecule has 1 fully saturated rings. The summed E-state index contributed by atoms with van der Waals surface area (Å²) >= 11 is 1.64. The van der Waals surface area contributed by atoms with E-state index in [1.165, 1.54) is 7.11 Å². The van der Waals surface area contributed by atoms with Gasteiger partial charge in [0.05, 0.1) is 25.5 Å². The molecule has 1 aliphatic heterocycles. The van der Waals surface area contributed by atoms with E-state index < -0.39 is 5.97 Å². The van der Waals surface area contributed by atoms with Crippen LogP contribution in [0.15, 0.2) is 53.9 Å². The molecule has 166 valence electrons. The van der Waals surface area contributed by atoms with Crippen molar-refractivity contribution in [3.63, 3.8) is 0 Å². The fourth-order valence-corrected chi connectivity index (χ4v) is 4.45. The number of rotatable bonds is 6. The minimum atomic E-state index is -0.408. The molecule has 2 aromatic carbocycles. The van der Waals surface area contributed by atoms with E-state index in [1.54, 1.807) is 42.7 Å². The van der Waals surface area contributed by atoms with Crippen molar-refractivity contribution in [1.82, 2.24) is 14.8 Å². The number of ether oxygens (including phenoxy) is 2. The Labute approximate surface area is 191 Å². The number of methoxy groups -OCH3 is 2. The lowest BCUT2D eigenvalue weighted by atomic mass is 10.1. The Bertz CT molecular complexity index is 1070. The van der Waals surface area contributed by atoms with Crippen molar-refractivity contribution < 1.29 is 19.1 Å². The number of esters is 1. The van der Waals surface area contributed by atoms with Crippen molar-refractivity contribution in [2.45, 2.75) is 6.54 Å². The lowest BCUT2D eigenvalue weighted by Crippen LogP contribution is -2.48. The van der Waals surface area contributed by atoms with Gasteiger partial charge in [-0.25, -0.2) is 9.78 Å². The minimum absolute atomic E-state index is 0.0171. The molecule has 0 aliphatic carbocycles. The van der Waals surface area contributed by atoms with Crippen LogP contribution < -0.4 is 4.74 Å². The van der Waals surface area contributed by atoms with Gasteiger partial charge in [-0.3, -0.25) is 9.69 Å². The summed E-state index contributed by atoms with van der Waals surface area (Å²) in [6, 6.07) is 14.5. The van der Waals surface area contributed by atoms with E-state index >= 15 is 0 Å². The van der Waals surface area contributed by atoms with Gasteiger partial charge in [0.2, 0.25) is 0 Å². The van der Waals surface area contributed by atoms with Gasteiger partial charge in [0, 0.05) is 49.2 Å². The molecule has 3 aromatic rings. The van der Waals surface area contributed by atoms with E-state index in [0.717, 1.165) is 41.6 Å². The zero-order chi connectivity index (χ0) is 22.5. The van der Waals surface area contributed by atoms with Crippen LogP contribution in [-0.2, 0) is 11.3 Å². The number of hydrogen-bond acceptors (Lipinski definition) is 7. The molecule has 0 bridgehead atoms. The predicted molar refractivity (Wildman–Crippen MR) is 123 cm³/mol. The van der Waals surface area contributed by atoms with Crippen LogP contribution in [0.2, 0.25) is 0 Å². The van der Waals surface area contributed by atoms with Crippen LogP contribution in [0.4, 0.5) is 0 Å². The molecule has 4 rings (SSSR count). The minimum Gasteiger partial charge on any atom is -0.497 e. The van der Waals surface area contributed by atoms with Gasteiger partial charge in [-0.2, -0.15) is 0 Å². The number of amides is 1. The average Bonchev–Trinajstić information content (AvgIpc) is 3.32. The normalized spacial score (nSPS) is 14.2. The van der Waals surface area contributed by atoms with Gasteiger partial charge in [0.25, 0.3) is 5.91 Å². The molecule has 0 atom stereocenters. The molecule has 1 amide bonds. The third-order valence-corrected chi connectivity index (χ3v) is 6.43. The number of benzene rings is 2. The highest BCUT2D eigenvalue weighted by atomic mass is 32.1. The molecule has 0 N–H and O–H groups in total. The van der Waals surface area contributed by atoms with E-state index in [1.807, 2.05) is 29.2 Å². The van der Waals surface area contributed by atoms with Crippen LogP contribution in [0.25, 0.3) is 10.6 Å². The molecule has 32 heavy (non-hydrogen) atoms. The lowest BCUT2D eigenvalue weighted by molar-refractivity contribution is 0.0596. The van der Waals surface area contributed by atoms with Crippen LogP contribution >= 0.6 is 11.3 Å². The SMILES string of the molecule is COC(=O)c1ccc(C(=O)N2CCN(Cc3csc(-c4ccc(OC)cc4)n3)CC2)cc1. The first kappa shape index (κ1) is 22.0. The topological polar surface area (TPSA) is 72.0 Å². The predicted octanol–water partition coefficient (Wildman–Crippen LogP) is 3.56. The monoisotopic (exact) mass is 451 g/mol. The Kier molecular flexibility index (Phi) is 6.82. The van der Waals surface area contributed by atoms with Gasteiger partial charge in [-0.1, -0.05) is 0 Å². The molecule has 0 radical (unpaired) electrons. The van der Waals surface area contributed by atoms with E-state index in [4.69, 9.17) is 14.5 Å². The number of carbonyl (C=O) groups excluding carboxylic acids is 2. The lowest BCUT2D eigenvalue weighted by Gasteiger charge is -2.34. The summed E-state index contributed by atoms with van der Waals surface area (Å²) in [5, 5.41) is 3.09. The molecule has 2 heterocycles. The first-order valence-electron chi connectivity index (χ1n) is 10.4. The van der Waals surface area contributed by atoms with Gasteiger partial charge in [0.1, 0.15) is 10.8 Å². The largest absolute Gasteiger partial charge is 0.497 e. The molecule has 8 heteroatoms. The van der Waals surface area contributed by atoms with Crippen molar-refractivity contribution >= 4 is 23.2 Å². The summed E-state index contributed by atoms with van der Waals surface area (Å²) in [6.07, 6.45) is 0. The molecule has 1 aromatic heterocycles. The van der Waals surface area contributed by atoms with Crippen LogP contribution in [0.3, 0.4) is 0 Å². The zero-order valence-corrected chi connectivity index (χ0v) is 18.9. The van der Waals surface area contributed by atoms with E-state index in [-0.39, 0.29) is 5.91 Å². The fraction of sp³-hybridized carbons (Fsp3) is 0.292. The van der Waals surface area contributed by atoms with Gasteiger partial charge >= 0.3 is 5.97 Å². The first-order chi connectivity index (χ1) is 15.6. The molecule has 0 saturated carbocycles. The Balaban J connectivity index is 1.30. The smallest absolute Gasteiger partial charge is 0.337 e. The van der Waals surface area contributed by atoms with Gasteiger partial charge in [-0.05, 0) is 48.5 Å². The number of carbonyl (C=O) groups is 2. The number of thiazole rings is 1. The quantitative estimate of drug-likeness (QED) is 0.534. The molecular formula is C24H25N3O4S. The summed E-state index contributed by atoms with van der Waals surface area (Å²) in [5.41, 5.74) is 3.13. The number of nitrogens with zero attached hydrogens (tertiary/aromatic N) is 3. The number of hydrogen-bond donors (Lipinski definition) is 0. The maximum absolute atomic E-state index is 12.8. The summed E-state index contributed by atoms with van der Waals surface area (Å²) in [7, 11) is 3.00. The molecule has 0 unspecified atom stereocenters. The molecule has 7 nitrogen and oxygen atoms in total. The highest BCUT2D eigenvalue weighted by Gasteiger charge is 2.23. The van der Waals surface area contributed by atoms with Crippen LogP contribution in [0, 0.1) is 0 Å². The van der Waals surface area contributed by atoms with Gasteiger partial charge < -0.3 is 14.4 Å². The Morgan fingerprint density at radius 2 is 1.59 bits per heavy atom. The maximum Gasteiger partial charge on any atom is 0.337 e. The van der Waals surface area contributed by atoms with Crippen molar-refractivity contribution in [3.8, 4) is 16.3 Å². The number of piperazine rings is 1. The van der Waals surface area contributed by atoms with Crippen molar-refractivity contribution in [1.29, 1.82) is 0 Å². The van der Waals surface area contributed by atoms with Crippen molar-refractivity contribution in [3.05, 3.63) is 70.7 Å². The van der Waals surface area contributed by atoms with Crippen LogP contribution in [-0.4, -0.2) is 67.1 Å². The summed E-state index contributed by atoms with van der Waals surface area (Å²) < 4.78 is 9.91. The second-order valence-corrected chi connectivity index (χ2v) is 8.37. The molecule has 0 spiro atoms. The summed E-state index contributed by atoms with van der Waals surface area (Å²) in [6.45, 7) is 3.67. The van der Waals surface area contributed by atoms with E-state index in [2.05, 4.69) is 10.3 Å². The third kappa shape index (κ3) is 4.98. The molecular weight excluding hydrogens is 426 g/mol.